The molecule has 0 atom stereocenters. The van der Waals surface area contributed by atoms with Crippen molar-refractivity contribution in [2.24, 2.45) is 5.73 Å². The molecule has 0 radical (unpaired) electrons. The standard InChI is InChI=1S/C18H18N2S/c1-13-9-15(17-7-2-3-8-18(17)20-13)12-21-16-6-4-5-14(10-16)11-19/h2-10H,11-12,19H2,1H3. The van der Waals surface area contributed by atoms with Crippen molar-refractivity contribution in [3.05, 3.63) is 71.4 Å². The Morgan fingerprint density at radius 2 is 1.90 bits per heavy atom. The van der Waals surface area contributed by atoms with Crippen LogP contribution >= 0.6 is 11.8 Å². The third-order valence-corrected chi connectivity index (χ3v) is 4.50. The number of nitrogens with two attached hydrogens (primary N) is 1. The number of nitrogens with zero attached hydrogens (tertiary/aromatic N) is 1. The lowest BCUT2D eigenvalue weighted by Crippen LogP contribution is -1.95. The van der Waals surface area contributed by atoms with Gasteiger partial charge < -0.3 is 5.73 Å². The molecule has 0 amide bonds. The predicted octanol–water partition coefficient (Wildman–Crippen LogP) is 4.29. The molecule has 1 aromatic heterocycles. The maximum absolute atomic E-state index is 5.70. The van der Waals surface area contributed by atoms with Gasteiger partial charge in [-0.25, -0.2) is 0 Å². The van der Waals surface area contributed by atoms with Crippen LogP contribution in [0.4, 0.5) is 0 Å². The van der Waals surface area contributed by atoms with E-state index in [1.54, 1.807) is 0 Å². The molecule has 21 heavy (non-hydrogen) atoms. The normalized spacial score (nSPS) is 11.0. The third-order valence-electron chi connectivity index (χ3n) is 3.46. The topological polar surface area (TPSA) is 38.9 Å². The van der Waals surface area contributed by atoms with Crippen LogP contribution in [0, 0.1) is 6.92 Å². The molecule has 0 saturated carbocycles. The highest BCUT2D eigenvalue weighted by Gasteiger charge is 2.05. The van der Waals surface area contributed by atoms with E-state index in [0.29, 0.717) is 6.54 Å². The first-order valence-electron chi connectivity index (χ1n) is 7.03. The second kappa shape index (κ2) is 6.29. The van der Waals surface area contributed by atoms with Crippen molar-refractivity contribution in [1.82, 2.24) is 4.98 Å². The first kappa shape index (κ1) is 14.1. The van der Waals surface area contributed by atoms with E-state index in [0.717, 1.165) is 17.0 Å². The second-order valence-electron chi connectivity index (χ2n) is 5.08. The molecule has 3 aromatic rings. The fourth-order valence-corrected chi connectivity index (χ4v) is 3.41. The molecule has 2 nitrogen and oxygen atoms in total. The fourth-order valence-electron chi connectivity index (χ4n) is 2.44. The number of hydrogen-bond acceptors (Lipinski definition) is 3. The summed E-state index contributed by atoms with van der Waals surface area (Å²) in [5, 5.41) is 1.24. The van der Waals surface area contributed by atoms with Gasteiger partial charge in [-0.05, 0) is 42.3 Å². The Morgan fingerprint density at radius 3 is 2.76 bits per heavy atom. The molecular formula is C18H18N2S. The van der Waals surface area contributed by atoms with Crippen LogP contribution in [0.2, 0.25) is 0 Å². The number of thioether (sulfide) groups is 1. The SMILES string of the molecule is Cc1cc(CSc2cccc(CN)c2)c2ccccc2n1. The molecule has 0 spiro atoms. The first-order valence-corrected chi connectivity index (χ1v) is 8.02. The zero-order valence-corrected chi connectivity index (χ0v) is 12.9. The van der Waals surface area contributed by atoms with E-state index in [-0.39, 0.29) is 0 Å². The van der Waals surface area contributed by atoms with E-state index in [1.165, 1.54) is 21.4 Å². The molecular weight excluding hydrogens is 276 g/mol. The van der Waals surface area contributed by atoms with Gasteiger partial charge in [0.15, 0.2) is 0 Å². The molecule has 0 aliphatic rings. The van der Waals surface area contributed by atoms with Gasteiger partial charge in [-0.2, -0.15) is 0 Å². The summed E-state index contributed by atoms with van der Waals surface area (Å²) in [7, 11) is 0. The summed E-state index contributed by atoms with van der Waals surface area (Å²) in [4.78, 5) is 5.85. The number of benzene rings is 2. The largest absolute Gasteiger partial charge is 0.326 e. The van der Waals surface area contributed by atoms with Crippen molar-refractivity contribution < 1.29 is 0 Å². The second-order valence-corrected chi connectivity index (χ2v) is 6.13. The summed E-state index contributed by atoms with van der Waals surface area (Å²) in [6.45, 7) is 2.64. The number of pyridine rings is 1. The van der Waals surface area contributed by atoms with Crippen molar-refractivity contribution in [1.29, 1.82) is 0 Å². The van der Waals surface area contributed by atoms with Crippen LogP contribution in [0.25, 0.3) is 10.9 Å². The van der Waals surface area contributed by atoms with Crippen LogP contribution in [0.15, 0.2) is 59.5 Å². The van der Waals surface area contributed by atoms with E-state index in [1.807, 2.05) is 17.8 Å². The summed E-state index contributed by atoms with van der Waals surface area (Å²) < 4.78 is 0. The van der Waals surface area contributed by atoms with Gasteiger partial charge in [-0.1, -0.05) is 30.3 Å². The van der Waals surface area contributed by atoms with Gasteiger partial charge in [0.2, 0.25) is 0 Å². The molecule has 0 bridgehead atoms. The van der Waals surface area contributed by atoms with Crippen molar-refractivity contribution >= 4 is 22.7 Å². The lowest BCUT2D eigenvalue weighted by atomic mass is 10.1. The highest BCUT2D eigenvalue weighted by Crippen LogP contribution is 2.27. The van der Waals surface area contributed by atoms with Gasteiger partial charge in [0.05, 0.1) is 5.52 Å². The molecule has 3 rings (SSSR count). The van der Waals surface area contributed by atoms with E-state index in [9.17, 15) is 0 Å². The van der Waals surface area contributed by atoms with Crippen molar-refractivity contribution in [3.63, 3.8) is 0 Å². The Hall–Kier alpha value is -1.84. The zero-order valence-electron chi connectivity index (χ0n) is 12.0. The predicted molar refractivity (Wildman–Crippen MR) is 90.4 cm³/mol. The lowest BCUT2D eigenvalue weighted by Gasteiger charge is -2.08. The van der Waals surface area contributed by atoms with Crippen LogP contribution < -0.4 is 5.73 Å². The van der Waals surface area contributed by atoms with Crippen LogP contribution in [0.5, 0.6) is 0 Å². The lowest BCUT2D eigenvalue weighted by molar-refractivity contribution is 1.06. The number of hydrogen-bond donors (Lipinski definition) is 1. The number of fused-ring (bicyclic) bond motifs is 1. The van der Waals surface area contributed by atoms with Crippen LogP contribution in [0.1, 0.15) is 16.8 Å². The Kier molecular flexibility index (Phi) is 4.23. The van der Waals surface area contributed by atoms with Crippen molar-refractivity contribution in [2.45, 2.75) is 24.1 Å². The van der Waals surface area contributed by atoms with Gasteiger partial charge in [0.25, 0.3) is 0 Å². The summed E-state index contributed by atoms with van der Waals surface area (Å²) >= 11 is 1.84. The van der Waals surface area contributed by atoms with E-state index < -0.39 is 0 Å². The molecule has 2 N–H and O–H groups in total. The van der Waals surface area contributed by atoms with Gasteiger partial charge in [-0.3, -0.25) is 4.98 Å². The molecule has 3 heteroatoms. The highest BCUT2D eigenvalue weighted by atomic mass is 32.2. The van der Waals surface area contributed by atoms with E-state index >= 15 is 0 Å². The first-order chi connectivity index (χ1) is 10.3. The van der Waals surface area contributed by atoms with Crippen molar-refractivity contribution in [3.8, 4) is 0 Å². The maximum atomic E-state index is 5.70. The number of aromatic nitrogens is 1. The summed E-state index contributed by atoms with van der Waals surface area (Å²) in [6.07, 6.45) is 0. The smallest absolute Gasteiger partial charge is 0.0708 e. The van der Waals surface area contributed by atoms with Gasteiger partial charge in [0, 0.05) is 28.3 Å². The fraction of sp³-hybridized carbons (Fsp3) is 0.167. The minimum Gasteiger partial charge on any atom is -0.326 e. The molecule has 2 aromatic carbocycles. The molecule has 106 valence electrons. The molecule has 0 fully saturated rings. The van der Waals surface area contributed by atoms with E-state index in [2.05, 4.69) is 60.4 Å². The Balaban J connectivity index is 1.87. The Labute approximate surface area is 129 Å². The summed E-state index contributed by atoms with van der Waals surface area (Å²) in [5.74, 6) is 0.942. The van der Waals surface area contributed by atoms with Crippen molar-refractivity contribution in [2.75, 3.05) is 0 Å². The minimum absolute atomic E-state index is 0.589. The highest BCUT2D eigenvalue weighted by molar-refractivity contribution is 7.98. The number of para-hydroxylation sites is 1. The molecule has 0 aliphatic heterocycles. The van der Waals surface area contributed by atoms with E-state index in [4.69, 9.17) is 5.73 Å². The Morgan fingerprint density at radius 1 is 1.05 bits per heavy atom. The molecule has 0 unspecified atom stereocenters. The third kappa shape index (κ3) is 3.26. The summed E-state index contributed by atoms with van der Waals surface area (Å²) in [5.41, 5.74) is 10.4. The number of aryl methyl sites for hydroxylation is 1. The Bertz CT molecular complexity index is 768. The van der Waals surface area contributed by atoms with Gasteiger partial charge >= 0.3 is 0 Å². The van der Waals surface area contributed by atoms with Crippen LogP contribution in [-0.4, -0.2) is 4.98 Å². The zero-order chi connectivity index (χ0) is 14.7. The van der Waals surface area contributed by atoms with Crippen LogP contribution in [-0.2, 0) is 12.3 Å². The molecule has 0 aliphatic carbocycles. The minimum atomic E-state index is 0.589. The summed E-state index contributed by atoms with van der Waals surface area (Å²) in [6, 6.07) is 19.0. The number of rotatable bonds is 4. The molecule has 0 saturated heterocycles. The average Bonchev–Trinajstić information content (AvgIpc) is 2.52. The van der Waals surface area contributed by atoms with Gasteiger partial charge in [0.1, 0.15) is 0 Å². The average molecular weight is 294 g/mol. The van der Waals surface area contributed by atoms with Gasteiger partial charge in [-0.15, -0.1) is 11.8 Å². The van der Waals surface area contributed by atoms with Crippen LogP contribution in [0.3, 0.4) is 0 Å². The quantitative estimate of drug-likeness (QED) is 0.729. The maximum Gasteiger partial charge on any atom is 0.0708 e. The monoisotopic (exact) mass is 294 g/mol. The molecule has 1 heterocycles.